The average molecular weight is 379 g/mol. The first kappa shape index (κ1) is 20.1. The van der Waals surface area contributed by atoms with Gasteiger partial charge in [-0.25, -0.2) is 9.59 Å². The van der Waals surface area contributed by atoms with Crippen molar-refractivity contribution in [1.29, 1.82) is 0 Å². The maximum Gasteiger partial charge on any atom is 0.329 e. The van der Waals surface area contributed by atoms with Crippen molar-refractivity contribution in [3.05, 3.63) is 29.3 Å². The summed E-state index contributed by atoms with van der Waals surface area (Å²) in [6, 6.07) is 4.17. The van der Waals surface area contributed by atoms with E-state index in [1.807, 2.05) is 24.5 Å². The van der Waals surface area contributed by atoms with Crippen LogP contribution in [0.5, 0.6) is 0 Å². The van der Waals surface area contributed by atoms with Crippen molar-refractivity contribution in [3.63, 3.8) is 0 Å². The number of hydrogen-bond acceptors (Lipinski definition) is 5. The van der Waals surface area contributed by atoms with E-state index in [0.717, 1.165) is 19.3 Å². The number of nitrogens with one attached hydrogen (secondary N) is 2. The van der Waals surface area contributed by atoms with E-state index in [4.69, 9.17) is 10.5 Å². The first-order chi connectivity index (χ1) is 12.4. The Morgan fingerprint density at radius 2 is 2.00 bits per heavy atom. The number of rotatable bonds is 8. The van der Waals surface area contributed by atoms with Crippen LogP contribution in [0.3, 0.4) is 0 Å². The molecule has 0 saturated heterocycles. The molecular weight excluding hydrogens is 354 g/mol. The zero-order valence-electron chi connectivity index (χ0n) is 15.0. The van der Waals surface area contributed by atoms with Gasteiger partial charge in [0.15, 0.2) is 6.10 Å². The fraction of sp³-hybridized carbons (Fsp3) is 0.500. The van der Waals surface area contributed by atoms with Crippen LogP contribution in [0.2, 0.25) is 0 Å². The van der Waals surface area contributed by atoms with Crippen molar-refractivity contribution in [2.24, 2.45) is 5.73 Å². The van der Waals surface area contributed by atoms with E-state index in [2.05, 4.69) is 10.6 Å². The summed E-state index contributed by atoms with van der Waals surface area (Å²) in [7, 11) is 0. The lowest BCUT2D eigenvalue weighted by Crippen LogP contribution is -2.46. The standard InChI is InChI=1S/C18H25N3O4S/c1-11(25-17(23)15(8-9-26-2)21-18(19)24)16(22)20-14-7-6-12-4-3-5-13(12)10-14/h6-7,10-11,15H,3-5,8-9H2,1-2H3,(H,20,22)(H3,19,21,24)/t11-,15-/m1/s1. The molecule has 8 heteroatoms. The van der Waals surface area contributed by atoms with Gasteiger partial charge in [-0.15, -0.1) is 0 Å². The number of amides is 3. The highest BCUT2D eigenvalue weighted by atomic mass is 32.2. The van der Waals surface area contributed by atoms with Gasteiger partial charge in [-0.2, -0.15) is 11.8 Å². The quantitative estimate of drug-likeness (QED) is 0.597. The Bertz CT molecular complexity index is 680. The number of fused-ring (bicyclic) bond motifs is 1. The second-order valence-electron chi connectivity index (χ2n) is 6.25. The van der Waals surface area contributed by atoms with Gasteiger partial charge >= 0.3 is 12.0 Å². The Labute approximate surface area is 157 Å². The molecule has 0 saturated carbocycles. The Hall–Kier alpha value is -2.22. The van der Waals surface area contributed by atoms with Crippen LogP contribution < -0.4 is 16.4 Å². The van der Waals surface area contributed by atoms with Gasteiger partial charge in [-0.3, -0.25) is 4.79 Å². The first-order valence-electron chi connectivity index (χ1n) is 8.58. The van der Waals surface area contributed by atoms with Crippen molar-refractivity contribution in [1.82, 2.24) is 5.32 Å². The molecule has 0 unspecified atom stereocenters. The maximum atomic E-state index is 12.3. The van der Waals surface area contributed by atoms with Gasteiger partial charge in [0.05, 0.1) is 0 Å². The highest BCUT2D eigenvalue weighted by Crippen LogP contribution is 2.25. The van der Waals surface area contributed by atoms with Crippen LogP contribution in [0.25, 0.3) is 0 Å². The lowest BCUT2D eigenvalue weighted by Gasteiger charge is -2.19. The summed E-state index contributed by atoms with van der Waals surface area (Å²) in [5.74, 6) is -0.441. The van der Waals surface area contributed by atoms with Crippen molar-refractivity contribution in [2.75, 3.05) is 17.3 Å². The number of thioether (sulfide) groups is 1. The van der Waals surface area contributed by atoms with E-state index in [0.29, 0.717) is 17.9 Å². The van der Waals surface area contributed by atoms with Crippen molar-refractivity contribution < 1.29 is 19.1 Å². The molecule has 2 atom stereocenters. The molecule has 1 aliphatic carbocycles. The molecule has 0 spiro atoms. The first-order valence-corrected chi connectivity index (χ1v) is 9.98. The smallest absolute Gasteiger partial charge is 0.329 e. The molecule has 1 aromatic carbocycles. The van der Waals surface area contributed by atoms with Gasteiger partial charge in [0.25, 0.3) is 5.91 Å². The predicted octanol–water partition coefficient (Wildman–Crippen LogP) is 1.84. The van der Waals surface area contributed by atoms with E-state index in [9.17, 15) is 14.4 Å². The molecule has 1 aromatic rings. The minimum atomic E-state index is -0.984. The maximum absolute atomic E-state index is 12.3. The number of primary amides is 1. The van der Waals surface area contributed by atoms with Crippen LogP contribution in [0, 0.1) is 0 Å². The fourth-order valence-electron chi connectivity index (χ4n) is 2.86. The third-order valence-electron chi connectivity index (χ3n) is 4.24. The molecule has 4 N–H and O–H groups in total. The van der Waals surface area contributed by atoms with Crippen molar-refractivity contribution in [2.45, 2.75) is 44.8 Å². The van der Waals surface area contributed by atoms with E-state index in [1.165, 1.54) is 29.8 Å². The highest BCUT2D eigenvalue weighted by molar-refractivity contribution is 7.98. The molecule has 0 aliphatic heterocycles. The molecule has 0 fully saturated rings. The molecular formula is C18H25N3O4S. The molecule has 0 radical (unpaired) electrons. The third kappa shape index (κ3) is 5.66. The number of urea groups is 1. The summed E-state index contributed by atoms with van der Waals surface area (Å²) in [4.78, 5) is 35.6. The second-order valence-corrected chi connectivity index (χ2v) is 7.23. The van der Waals surface area contributed by atoms with Gasteiger partial charge in [0.1, 0.15) is 6.04 Å². The van der Waals surface area contributed by atoms with Gasteiger partial charge in [-0.1, -0.05) is 6.07 Å². The van der Waals surface area contributed by atoms with Crippen LogP contribution in [0.1, 0.15) is 30.9 Å². The molecule has 142 valence electrons. The van der Waals surface area contributed by atoms with E-state index >= 15 is 0 Å². The zero-order valence-corrected chi connectivity index (χ0v) is 15.9. The normalized spacial score (nSPS) is 14.8. The summed E-state index contributed by atoms with van der Waals surface area (Å²) < 4.78 is 5.21. The third-order valence-corrected chi connectivity index (χ3v) is 4.88. The van der Waals surface area contributed by atoms with Crippen LogP contribution in [0.4, 0.5) is 10.5 Å². The van der Waals surface area contributed by atoms with E-state index in [1.54, 1.807) is 0 Å². The number of anilines is 1. The highest BCUT2D eigenvalue weighted by Gasteiger charge is 2.26. The number of benzene rings is 1. The topological polar surface area (TPSA) is 111 Å². The number of aryl methyl sites for hydroxylation is 2. The fourth-order valence-corrected chi connectivity index (χ4v) is 3.33. The van der Waals surface area contributed by atoms with Gasteiger partial charge < -0.3 is 21.1 Å². The zero-order chi connectivity index (χ0) is 19.1. The Kier molecular flexibility index (Phi) is 7.32. The minimum Gasteiger partial charge on any atom is -0.451 e. The Balaban J connectivity index is 1.92. The van der Waals surface area contributed by atoms with E-state index in [-0.39, 0.29) is 0 Å². The van der Waals surface area contributed by atoms with Crippen molar-refractivity contribution >= 4 is 35.4 Å². The largest absolute Gasteiger partial charge is 0.451 e. The summed E-state index contributed by atoms with van der Waals surface area (Å²) >= 11 is 1.53. The van der Waals surface area contributed by atoms with Crippen LogP contribution in [-0.4, -0.2) is 42.1 Å². The molecule has 2 rings (SSSR count). The lowest BCUT2D eigenvalue weighted by atomic mass is 10.1. The van der Waals surface area contributed by atoms with Crippen LogP contribution >= 0.6 is 11.8 Å². The number of hydrogen-bond donors (Lipinski definition) is 3. The molecule has 0 aromatic heterocycles. The lowest BCUT2D eigenvalue weighted by molar-refractivity contribution is -0.155. The monoisotopic (exact) mass is 379 g/mol. The molecule has 7 nitrogen and oxygen atoms in total. The van der Waals surface area contributed by atoms with Gasteiger partial charge in [-0.05, 0) is 67.9 Å². The number of esters is 1. The summed E-state index contributed by atoms with van der Waals surface area (Å²) in [5.41, 5.74) is 8.35. The number of carbonyl (C=O) groups excluding carboxylic acids is 3. The SMILES string of the molecule is CSCC[C@@H](NC(N)=O)C(=O)O[C@H](C)C(=O)Nc1ccc2c(c1)CCC2. The Morgan fingerprint density at radius 1 is 1.27 bits per heavy atom. The summed E-state index contributed by atoms with van der Waals surface area (Å²) in [6.07, 6.45) is 4.50. The second kappa shape index (κ2) is 9.47. The minimum absolute atomic E-state index is 0.377. The van der Waals surface area contributed by atoms with Crippen LogP contribution in [-0.2, 0) is 27.2 Å². The molecule has 3 amide bonds. The number of nitrogens with two attached hydrogens (primary N) is 1. The molecule has 26 heavy (non-hydrogen) atoms. The van der Waals surface area contributed by atoms with Gasteiger partial charge in [0, 0.05) is 5.69 Å². The molecule has 0 heterocycles. The van der Waals surface area contributed by atoms with Crippen molar-refractivity contribution in [3.8, 4) is 0 Å². The van der Waals surface area contributed by atoms with Crippen LogP contribution in [0.15, 0.2) is 18.2 Å². The summed E-state index contributed by atoms with van der Waals surface area (Å²) in [6.45, 7) is 1.50. The molecule has 1 aliphatic rings. The number of ether oxygens (including phenoxy) is 1. The van der Waals surface area contributed by atoms with E-state index < -0.39 is 30.1 Å². The number of carbonyl (C=O) groups is 3. The average Bonchev–Trinajstić information content (AvgIpc) is 3.05. The predicted molar refractivity (Wildman–Crippen MR) is 102 cm³/mol. The van der Waals surface area contributed by atoms with Gasteiger partial charge in [0.2, 0.25) is 0 Å². The Morgan fingerprint density at radius 3 is 2.69 bits per heavy atom. The summed E-state index contributed by atoms with van der Waals surface area (Å²) in [5, 5.41) is 5.12. The molecule has 0 bridgehead atoms.